The molecule has 23 heavy (non-hydrogen) atoms. The lowest BCUT2D eigenvalue weighted by atomic mass is 11.0. The summed E-state index contributed by atoms with van der Waals surface area (Å²) in [7, 11) is 0. The Labute approximate surface area is 126 Å². The van der Waals surface area contributed by atoms with Gasteiger partial charge < -0.3 is 5.48 Å². The van der Waals surface area contributed by atoms with Crippen molar-refractivity contribution < 1.29 is 15.4 Å². The first-order valence-corrected chi connectivity index (χ1v) is 5.73. The third-order valence-corrected chi connectivity index (χ3v) is 1.94. The molecule has 0 fully saturated rings. The molecule has 0 spiro atoms. The van der Waals surface area contributed by atoms with Crippen LogP contribution in [0.1, 0.15) is 0 Å². The highest BCUT2D eigenvalue weighted by Gasteiger charge is 1.93. The molecule has 0 aromatic carbocycles. The van der Waals surface area contributed by atoms with E-state index in [4.69, 9.17) is 9.88 Å². The van der Waals surface area contributed by atoms with Crippen LogP contribution in [-0.4, -0.2) is 66.1 Å². The summed E-state index contributed by atoms with van der Waals surface area (Å²) in [5, 5.41) is 28.3. The average molecular weight is 322 g/mol. The summed E-state index contributed by atoms with van der Waals surface area (Å²) < 4.78 is 0. The predicted octanol–water partition coefficient (Wildman–Crippen LogP) is -3.30. The standard InChI is InChI=1S/2C4H4N6O.H2O/c2*1-3-9(7-5-1)11-10-4-2-6-8-10;/h2*1-4H;1H2. The zero-order chi connectivity index (χ0) is 15.0. The smallest absolute Gasteiger partial charge is 0.0901 e. The maximum Gasteiger partial charge on any atom is 0.0901 e. The lowest BCUT2D eigenvalue weighted by Crippen LogP contribution is -2.19. The zero-order valence-electron chi connectivity index (χ0n) is 11.3. The van der Waals surface area contributed by atoms with Gasteiger partial charge in [0.2, 0.25) is 0 Å². The minimum Gasteiger partial charge on any atom is -0.412 e. The van der Waals surface area contributed by atoms with Gasteiger partial charge >= 0.3 is 0 Å². The Morgan fingerprint density at radius 1 is 0.478 bits per heavy atom. The highest BCUT2D eigenvalue weighted by atomic mass is 16.8. The Morgan fingerprint density at radius 3 is 0.913 bits per heavy atom. The summed E-state index contributed by atoms with van der Waals surface area (Å²) in [6.45, 7) is 0. The molecule has 120 valence electrons. The molecule has 15 nitrogen and oxygen atoms in total. The van der Waals surface area contributed by atoms with E-state index >= 15 is 0 Å². The predicted molar refractivity (Wildman–Crippen MR) is 67.7 cm³/mol. The second-order valence-corrected chi connectivity index (χ2v) is 3.39. The molecule has 0 unspecified atom stereocenters. The van der Waals surface area contributed by atoms with Gasteiger partial charge in [-0.25, -0.2) is 9.88 Å². The number of nitrogens with zero attached hydrogens (tertiary/aromatic N) is 12. The number of aromatic nitrogens is 12. The van der Waals surface area contributed by atoms with Gasteiger partial charge in [0.1, 0.15) is 0 Å². The van der Waals surface area contributed by atoms with Gasteiger partial charge in [-0.3, -0.25) is 0 Å². The molecule has 0 aliphatic heterocycles. The summed E-state index contributed by atoms with van der Waals surface area (Å²) in [4.78, 5) is 14.5. The van der Waals surface area contributed by atoms with Gasteiger partial charge in [-0.15, -0.1) is 20.4 Å². The van der Waals surface area contributed by atoms with Crippen LogP contribution in [0.2, 0.25) is 0 Å². The largest absolute Gasteiger partial charge is 0.412 e. The molecule has 0 bridgehead atoms. The van der Waals surface area contributed by atoms with E-state index in [-0.39, 0.29) is 5.48 Å². The minimum atomic E-state index is 0. The Morgan fingerprint density at radius 2 is 0.739 bits per heavy atom. The van der Waals surface area contributed by atoms with Gasteiger partial charge in [0.15, 0.2) is 0 Å². The van der Waals surface area contributed by atoms with Crippen LogP contribution >= 0.6 is 0 Å². The van der Waals surface area contributed by atoms with Crippen molar-refractivity contribution in [1.29, 1.82) is 0 Å². The van der Waals surface area contributed by atoms with E-state index in [1.54, 1.807) is 24.8 Å². The summed E-state index contributed by atoms with van der Waals surface area (Å²) in [6, 6.07) is 0. The van der Waals surface area contributed by atoms with Crippen LogP contribution in [0.25, 0.3) is 0 Å². The number of hydrogen-bond acceptors (Lipinski definition) is 10. The van der Waals surface area contributed by atoms with Crippen molar-refractivity contribution in [1.82, 2.24) is 60.6 Å². The molecular formula is C8H10N12O3. The molecule has 0 aliphatic rings. The first-order valence-electron chi connectivity index (χ1n) is 5.73. The van der Waals surface area contributed by atoms with Crippen molar-refractivity contribution in [3.63, 3.8) is 0 Å². The molecule has 2 N–H and O–H groups in total. The van der Waals surface area contributed by atoms with Crippen LogP contribution in [-0.2, 0) is 0 Å². The van der Waals surface area contributed by atoms with Gasteiger partial charge in [-0.2, -0.15) is 0 Å². The lowest BCUT2D eigenvalue weighted by molar-refractivity contribution is -0.0148. The fourth-order valence-corrected chi connectivity index (χ4v) is 1.14. The molecule has 0 aliphatic carbocycles. The second kappa shape index (κ2) is 7.78. The normalized spacial score (nSPS) is 9.39. The summed E-state index contributed by atoms with van der Waals surface area (Å²) in [6.07, 6.45) is 12.2. The van der Waals surface area contributed by atoms with Gasteiger partial charge in [-0.05, 0) is 20.9 Å². The monoisotopic (exact) mass is 322 g/mol. The number of rotatable bonds is 4. The summed E-state index contributed by atoms with van der Waals surface area (Å²) in [5.74, 6) is 0. The van der Waals surface area contributed by atoms with Crippen LogP contribution in [0.3, 0.4) is 0 Å². The molecule has 0 amide bonds. The molecule has 0 saturated heterocycles. The minimum absolute atomic E-state index is 0. The highest BCUT2D eigenvalue weighted by Crippen LogP contribution is 1.78. The van der Waals surface area contributed by atoms with Crippen LogP contribution in [0.15, 0.2) is 49.6 Å². The maximum absolute atomic E-state index is 4.94. The fourth-order valence-electron chi connectivity index (χ4n) is 1.14. The third kappa shape index (κ3) is 4.56. The van der Waals surface area contributed by atoms with E-state index < -0.39 is 0 Å². The molecule has 15 heteroatoms. The molecule has 4 rings (SSSR count). The quantitative estimate of drug-likeness (QED) is 0.370. The number of hydrogen-bond donors (Lipinski definition) is 0. The average Bonchev–Trinajstić information content (AvgIpc) is 3.31. The van der Waals surface area contributed by atoms with E-state index in [0.717, 1.165) is 19.4 Å². The molecule has 4 aromatic rings. The van der Waals surface area contributed by atoms with Gasteiger partial charge in [0, 0.05) is 0 Å². The zero-order valence-corrected chi connectivity index (χ0v) is 11.3. The van der Waals surface area contributed by atoms with Crippen molar-refractivity contribution in [2.45, 2.75) is 0 Å². The van der Waals surface area contributed by atoms with Gasteiger partial charge in [0.25, 0.3) is 0 Å². The SMILES string of the molecule is O.c1cn(On2ccnn2)nn1.c1cn(On2ccnn2)nn1. The van der Waals surface area contributed by atoms with Crippen LogP contribution < -0.4 is 9.88 Å². The Bertz CT molecular complexity index is 604. The first kappa shape index (κ1) is 15.5. The third-order valence-electron chi connectivity index (χ3n) is 1.94. The van der Waals surface area contributed by atoms with Crippen molar-refractivity contribution >= 4 is 0 Å². The van der Waals surface area contributed by atoms with Crippen LogP contribution in [0.5, 0.6) is 0 Å². The fraction of sp³-hybridized carbons (Fsp3) is 0. The van der Waals surface area contributed by atoms with E-state index in [0.29, 0.717) is 0 Å². The van der Waals surface area contributed by atoms with E-state index in [1.165, 1.54) is 24.8 Å². The van der Waals surface area contributed by atoms with Crippen molar-refractivity contribution in [2.75, 3.05) is 0 Å². The summed E-state index contributed by atoms with van der Waals surface area (Å²) >= 11 is 0. The maximum atomic E-state index is 4.94. The first-order chi connectivity index (χ1) is 10.9. The van der Waals surface area contributed by atoms with Crippen molar-refractivity contribution in [3.8, 4) is 0 Å². The topological polar surface area (TPSA) is 173 Å². The van der Waals surface area contributed by atoms with Crippen LogP contribution in [0.4, 0.5) is 0 Å². The van der Waals surface area contributed by atoms with Crippen molar-refractivity contribution in [3.05, 3.63) is 49.6 Å². The Kier molecular flexibility index (Phi) is 5.25. The van der Waals surface area contributed by atoms with Gasteiger partial charge in [0.05, 0.1) is 49.6 Å². The van der Waals surface area contributed by atoms with E-state index in [1.807, 2.05) is 0 Å². The lowest BCUT2D eigenvalue weighted by Gasteiger charge is -1.97. The molecular weight excluding hydrogens is 312 g/mol. The van der Waals surface area contributed by atoms with Crippen LogP contribution in [0, 0.1) is 0 Å². The second-order valence-electron chi connectivity index (χ2n) is 3.39. The van der Waals surface area contributed by atoms with E-state index in [2.05, 4.69) is 41.2 Å². The Hall–Kier alpha value is -3.88. The molecule has 4 aromatic heterocycles. The molecule has 0 saturated carbocycles. The molecule has 4 heterocycles. The van der Waals surface area contributed by atoms with Crippen molar-refractivity contribution in [2.24, 2.45) is 0 Å². The van der Waals surface area contributed by atoms with Gasteiger partial charge in [-0.1, -0.05) is 19.4 Å². The molecule has 0 atom stereocenters. The summed E-state index contributed by atoms with van der Waals surface area (Å²) in [5.41, 5.74) is 0. The highest BCUT2D eigenvalue weighted by molar-refractivity contribution is 4.62. The Balaban J connectivity index is 0.000000160. The van der Waals surface area contributed by atoms with E-state index in [9.17, 15) is 0 Å². The molecule has 0 radical (unpaired) electrons.